The minimum atomic E-state index is -1.16. The minimum absolute atomic E-state index is 0. The van der Waals surface area contributed by atoms with Crippen molar-refractivity contribution < 1.29 is 101 Å². The van der Waals surface area contributed by atoms with Gasteiger partial charge in [-0.15, -0.1) is 0 Å². The van der Waals surface area contributed by atoms with Gasteiger partial charge in [-0.25, -0.2) is 56.9 Å². The Bertz CT molecular complexity index is 6630. The van der Waals surface area contributed by atoms with Crippen LogP contribution in [0, 0.1) is 51.0 Å². The third-order valence-corrected chi connectivity index (χ3v) is 19.2. The number of carbonyl (C=O) groups is 4. The molecule has 2 saturated carbocycles. The Kier molecular flexibility index (Phi) is 34.0. The van der Waals surface area contributed by atoms with Crippen molar-refractivity contribution in [3.8, 4) is 45.6 Å². The number of alkyl halides is 1. The standard InChI is InChI=1S/C21H16ClFN6O2.C19H13ClFN5O3.C18H11ClFN5O3.C15H12ClFN2.C7H8N2O2.C3H7N.CH3I.CH4.Na.H2O/c1-10-17-19(26-16-6-7-24-9-14(16)20(30)25-12-3-4-12)27-18(28-21(17)31-29-10)13-8-11(22)2-5-15(13)23;1-9-15-17(23-14-5-6-22-8-12(14)19(27)28-2)24-16(25-18(15)29-26-9)11-7-10(20)3-4-13(11)21;1-8-14-16(22-13-4-5-21-7-11(13)18(26)27)23-15(24-17(14)28-25-8)10-6-9(19)2-3-12(10)20;1-8-3-6-13-14(8)9(2)18-15(19-13)11-7-10(16)4-5-12(11)17;1-11-7(10)5-4-9-3-2-6(5)8;4-3-1-2-3;1-2;;;/h2,5-9,12H,3-4H2,1H3,(H,25,30)(H,24,26,27,28);3-8H,1-2H3,(H,22,23,24,25);2-7H,1H3,(H,26,27)(H,21,22,23,24);3-5,7H,6H2,1-2H3;2-4H,1H3,(H2,8,9);3H,1-2,4H2;1H3;1H4;;1H2/q;;;;;;;;+1;/p-1/i;;;;;;1D;;;. The van der Waals surface area contributed by atoms with E-state index in [1.54, 1.807) is 51.2 Å². The Balaban J connectivity index is 0.000000181. The number of ether oxygens (including phenoxy) is 2. The van der Waals surface area contributed by atoms with Gasteiger partial charge in [0, 0.05) is 106 Å². The fourth-order valence-corrected chi connectivity index (χ4v) is 12.5. The van der Waals surface area contributed by atoms with Crippen molar-refractivity contribution in [2.45, 2.75) is 86.2 Å². The molecule has 15 aromatic rings. The molecule has 42 heteroatoms. The number of carboxylic acids is 1. The van der Waals surface area contributed by atoms with E-state index in [2.05, 4.69) is 107 Å². The molecule has 2 fully saturated rings. The number of aryl methyl sites for hydroxylation is 4. The monoisotopic (exact) mass is 1930 g/mol. The molecule has 11 heterocycles. The van der Waals surface area contributed by atoms with E-state index in [9.17, 15) is 41.8 Å². The van der Waals surface area contributed by atoms with Crippen LogP contribution in [-0.4, -0.2) is 141 Å². The molecular formula is C85H75Cl4F4IN21NaO11. The second kappa shape index (κ2) is 44.6. The Hall–Kier alpha value is -12.4. The van der Waals surface area contributed by atoms with Crippen LogP contribution in [0.25, 0.3) is 84.4 Å². The van der Waals surface area contributed by atoms with Gasteiger partial charge in [0.25, 0.3) is 23.0 Å². The molecular weight excluding hydrogens is 1860 g/mol. The molecule has 0 spiro atoms. The second-order valence-corrected chi connectivity index (χ2v) is 28.8. The number of allylic oxidation sites excluding steroid dienone is 2. The summed E-state index contributed by atoms with van der Waals surface area (Å²) >= 11 is 25.9. The predicted octanol–water partition coefficient (Wildman–Crippen LogP) is 16.2. The minimum Gasteiger partial charge on any atom is -0.870 e. The number of carbonyl (C=O) groups excluding carboxylic acids is 3. The summed E-state index contributed by atoms with van der Waals surface area (Å²) < 4.78 is 88.2. The molecule has 11 aromatic heterocycles. The van der Waals surface area contributed by atoms with E-state index in [4.69, 9.17) is 77.5 Å². The molecule has 4 aromatic carbocycles. The topological polar surface area (TPSA) is 470 Å². The largest absolute Gasteiger partial charge is 1.00 e. The van der Waals surface area contributed by atoms with Crippen LogP contribution < -0.4 is 62.3 Å². The van der Waals surface area contributed by atoms with Crippen molar-refractivity contribution in [2.24, 2.45) is 5.73 Å². The van der Waals surface area contributed by atoms with E-state index in [0.717, 1.165) is 36.2 Å². The van der Waals surface area contributed by atoms with Crippen LogP contribution in [0.4, 0.5) is 57.8 Å². The SMILES string of the molecule is C.CC1=CCc2nc(-c3cc(Cl)ccc3F)nc(C)c21.COC(=O)c1cnccc1N.COC(=O)c1cnccc1Nc1nc(-c2cc(Cl)ccc2F)nc2onc(C)c12.Cc1noc2nc(-c3cc(Cl)ccc3F)nc(Nc3ccncc3C(=O)NC3CC3)c12.Cc1noc2nc(-c3cc(Cl)ccc3F)nc(Nc3ccncc3C(=O)O)c12.NC1CC1.[2H]CI.[Na+].[OH-]. The number of esters is 2. The maximum atomic E-state index is 14.5. The fourth-order valence-electron chi connectivity index (χ4n) is 11.8. The van der Waals surface area contributed by atoms with Gasteiger partial charge in [-0.05, 0) is 168 Å². The van der Waals surface area contributed by atoms with E-state index < -0.39 is 35.4 Å². The van der Waals surface area contributed by atoms with Crippen LogP contribution in [0.2, 0.25) is 20.1 Å². The second-order valence-electron chi connectivity index (χ2n) is 27.0. The first-order valence-electron chi connectivity index (χ1n) is 37.7. The number of amides is 1. The van der Waals surface area contributed by atoms with E-state index in [1.165, 1.54) is 149 Å². The molecule has 650 valence electrons. The average molecular weight is 1940 g/mol. The normalized spacial score (nSPS) is 11.9. The number of pyridine rings is 4. The van der Waals surface area contributed by atoms with E-state index in [-0.39, 0.29) is 140 Å². The fraction of sp³-hybridized carbons (Fsp3) is 0.188. The number of rotatable bonds is 15. The van der Waals surface area contributed by atoms with Gasteiger partial charge in [0.15, 0.2) is 23.3 Å². The average Bonchev–Trinajstić information content (AvgIpc) is 1.55. The molecule has 0 unspecified atom stereocenters. The Morgan fingerprint density at radius 3 is 1.20 bits per heavy atom. The molecule has 0 atom stereocenters. The number of fused-ring (bicyclic) bond motifs is 4. The van der Waals surface area contributed by atoms with Crippen molar-refractivity contribution in [1.29, 1.82) is 0 Å². The van der Waals surface area contributed by atoms with Crippen molar-refractivity contribution in [3.63, 3.8) is 0 Å². The number of nitrogen functional groups attached to an aromatic ring is 1. The van der Waals surface area contributed by atoms with E-state index >= 15 is 0 Å². The molecule has 3 aliphatic rings. The van der Waals surface area contributed by atoms with Crippen molar-refractivity contribution in [1.82, 2.24) is 80.6 Å². The first-order chi connectivity index (χ1) is 60.0. The summed E-state index contributed by atoms with van der Waals surface area (Å²) in [5, 5.41) is 36.1. The smallest absolute Gasteiger partial charge is 0.870 e. The van der Waals surface area contributed by atoms with Gasteiger partial charge in [-0.3, -0.25) is 24.7 Å². The zero-order valence-electron chi connectivity index (χ0n) is 68.7. The number of halogens is 9. The van der Waals surface area contributed by atoms with Gasteiger partial charge in [-0.2, -0.15) is 15.0 Å². The summed E-state index contributed by atoms with van der Waals surface area (Å²) in [5.74, 6) is -3.08. The van der Waals surface area contributed by atoms with Crippen molar-refractivity contribution in [2.75, 3.05) is 40.8 Å². The van der Waals surface area contributed by atoms with E-state index in [1.807, 2.05) is 36.4 Å². The number of nitrogens with two attached hydrogens (primary N) is 2. The van der Waals surface area contributed by atoms with Crippen LogP contribution in [0.1, 0.15) is 117 Å². The number of nitrogens with one attached hydrogen (secondary N) is 4. The number of hydrogen-bond acceptors (Lipinski definition) is 30. The van der Waals surface area contributed by atoms with Crippen molar-refractivity contribution >= 4 is 172 Å². The van der Waals surface area contributed by atoms with Crippen LogP contribution in [0.3, 0.4) is 0 Å². The summed E-state index contributed by atoms with van der Waals surface area (Å²) in [5.41, 5.74) is 19.8. The molecule has 0 radical (unpaired) electrons. The summed E-state index contributed by atoms with van der Waals surface area (Å²) in [6.07, 6.45) is 18.8. The molecule has 1 amide bonds. The summed E-state index contributed by atoms with van der Waals surface area (Å²) in [4.78, 5) is 98.0. The summed E-state index contributed by atoms with van der Waals surface area (Å²) in [6.45, 7) is 9.11. The molecule has 127 heavy (non-hydrogen) atoms. The maximum Gasteiger partial charge on any atom is 1.00 e. The third kappa shape index (κ3) is 24.2. The molecule has 18 rings (SSSR count). The quantitative estimate of drug-likeness (QED) is 0.0165. The third-order valence-electron chi connectivity index (χ3n) is 18.3. The van der Waals surface area contributed by atoms with Gasteiger partial charge in [-0.1, -0.05) is 98.0 Å². The molecule has 10 N–H and O–H groups in total. The summed E-state index contributed by atoms with van der Waals surface area (Å²) in [7, 11) is 2.57. The molecule has 3 aliphatic carbocycles. The number of hydrogen-bond donors (Lipinski definition) is 7. The Labute approximate surface area is 778 Å². The number of anilines is 7. The first kappa shape index (κ1) is 96.8. The molecule has 32 nitrogen and oxygen atoms in total. The number of benzene rings is 4. The van der Waals surface area contributed by atoms with Gasteiger partial charge >= 0.3 is 47.5 Å². The summed E-state index contributed by atoms with van der Waals surface area (Å²) in [6, 6.07) is 23.7. The zero-order chi connectivity index (χ0) is 89.4. The van der Waals surface area contributed by atoms with Gasteiger partial charge < -0.3 is 66.4 Å². The Morgan fingerprint density at radius 1 is 0.504 bits per heavy atom. The number of carboxylic acid groups (broad SMARTS) is 1. The maximum absolute atomic E-state index is 14.5. The molecule has 0 aliphatic heterocycles. The van der Waals surface area contributed by atoms with Crippen LogP contribution in [-0.2, 0) is 15.9 Å². The van der Waals surface area contributed by atoms with Crippen LogP contribution in [0.15, 0.2) is 166 Å². The number of methoxy groups -OCH3 is 2. The number of aromatic carboxylic acids is 1. The van der Waals surface area contributed by atoms with Gasteiger partial charge in [0.2, 0.25) is 0 Å². The molecule has 0 saturated heterocycles. The van der Waals surface area contributed by atoms with Gasteiger partial charge in [0.05, 0.1) is 81.9 Å². The number of aromatic nitrogens is 15. The van der Waals surface area contributed by atoms with E-state index in [0.29, 0.717) is 110 Å². The molecule has 0 bridgehead atoms. The number of nitrogens with zero attached hydrogens (tertiary/aromatic N) is 15. The Morgan fingerprint density at radius 2 is 0.843 bits per heavy atom. The predicted molar refractivity (Wildman–Crippen MR) is 476 cm³/mol. The van der Waals surface area contributed by atoms with Crippen molar-refractivity contribution in [3.05, 3.63) is 252 Å². The van der Waals surface area contributed by atoms with Crippen LogP contribution >= 0.6 is 69.0 Å². The van der Waals surface area contributed by atoms with Crippen LogP contribution in [0.5, 0.6) is 0 Å². The zero-order valence-corrected chi connectivity index (χ0v) is 74.8. The first-order valence-corrected chi connectivity index (χ1v) is 40.0. The van der Waals surface area contributed by atoms with Gasteiger partial charge in [0.1, 0.15) is 73.6 Å².